The molecule has 0 bridgehead atoms. The number of hydrogen-bond donors (Lipinski definition) is 2. The van der Waals surface area contributed by atoms with Crippen LogP contribution in [-0.4, -0.2) is 20.1 Å². The lowest BCUT2D eigenvalue weighted by atomic mass is 10.3. The van der Waals surface area contributed by atoms with E-state index in [1.165, 1.54) is 23.9 Å². The molecule has 3 rings (SSSR count). The molecule has 0 atom stereocenters. The van der Waals surface area contributed by atoms with Crippen molar-refractivity contribution in [2.75, 3.05) is 10.5 Å². The lowest BCUT2D eigenvalue weighted by Crippen LogP contribution is -2.13. The number of sulfonamides is 1. The van der Waals surface area contributed by atoms with Gasteiger partial charge in [0.25, 0.3) is 10.0 Å². The highest BCUT2D eigenvalue weighted by Gasteiger charge is 2.21. The number of carbonyl (C=O) groups excluding carboxylic acids is 1. The van der Waals surface area contributed by atoms with Crippen LogP contribution in [0.25, 0.3) is 11.0 Å². The van der Waals surface area contributed by atoms with Crippen molar-refractivity contribution in [2.45, 2.75) is 22.8 Å². The van der Waals surface area contributed by atoms with E-state index < -0.39 is 10.0 Å². The van der Waals surface area contributed by atoms with Gasteiger partial charge in [0.2, 0.25) is 11.0 Å². The summed E-state index contributed by atoms with van der Waals surface area (Å²) >= 11 is 7.44. The molecule has 9 heteroatoms. The molecule has 0 unspecified atom stereocenters. The SMILES string of the molecule is NC(=O)CCCSc1ccc(Cl)cc1NS(=O)(=O)c1cc2ccccc2o1. The lowest BCUT2D eigenvalue weighted by molar-refractivity contribution is -0.118. The van der Waals surface area contributed by atoms with E-state index in [0.717, 1.165) is 0 Å². The molecule has 0 aliphatic heterocycles. The third-order valence-corrected chi connectivity index (χ3v) is 6.29. The van der Waals surface area contributed by atoms with Gasteiger partial charge in [-0.05, 0) is 36.4 Å². The third kappa shape index (κ3) is 4.97. The first-order valence-corrected chi connectivity index (χ1v) is 10.9. The molecule has 0 spiro atoms. The molecule has 0 saturated carbocycles. The number of halogens is 1. The van der Waals surface area contributed by atoms with Crippen LogP contribution in [0.1, 0.15) is 12.8 Å². The van der Waals surface area contributed by atoms with E-state index in [1.807, 2.05) is 0 Å². The number of thioether (sulfide) groups is 1. The summed E-state index contributed by atoms with van der Waals surface area (Å²) in [6.45, 7) is 0. The Labute approximate surface area is 166 Å². The van der Waals surface area contributed by atoms with E-state index in [1.54, 1.807) is 36.4 Å². The topological polar surface area (TPSA) is 102 Å². The number of nitrogens with one attached hydrogen (secondary N) is 1. The van der Waals surface area contributed by atoms with Crippen molar-refractivity contribution in [1.82, 2.24) is 0 Å². The highest BCUT2D eigenvalue weighted by atomic mass is 35.5. The van der Waals surface area contributed by atoms with Crippen molar-refractivity contribution in [3.8, 4) is 0 Å². The normalized spacial score (nSPS) is 11.6. The van der Waals surface area contributed by atoms with Crippen LogP contribution in [-0.2, 0) is 14.8 Å². The first kappa shape index (κ1) is 19.6. The summed E-state index contributed by atoms with van der Waals surface area (Å²) < 4.78 is 33.5. The summed E-state index contributed by atoms with van der Waals surface area (Å²) in [6.07, 6.45) is 0.874. The fourth-order valence-electron chi connectivity index (χ4n) is 2.42. The molecular formula is C18H17ClN2O4S2. The van der Waals surface area contributed by atoms with E-state index in [2.05, 4.69) is 4.72 Å². The first-order chi connectivity index (χ1) is 12.8. The van der Waals surface area contributed by atoms with E-state index in [0.29, 0.717) is 38.7 Å². The van der Waals surface area contributed by atoms with Gasteiger partial charge in [-0.2, -0.15) is 8.42 Å². The van der Waals surface area contributed by atoms with Crippen molar-refractivity contribution < 1.29 is 17.6 Å². The fraction of sp³-hybridized carbons (Fsp3) is 0.167. The summed E-state index contributed by atoms with van der Waals surface area (Å²) in [7, 11) is -3.92. The molecule has 142 valence electrons. The second-order valence-corrected chi connectivity index (χ2v) is 8.95. The second kappa shape index (κ2) is 8.24. The number of amides is 1. The zero-order valence-electron chi connectivity index (χ0n) is 14.1. The third-order valence-electron chi connectivity index (χ3n) is 3.68. The highest BCUT2D eigenvalue weighted by Crippen LogP contribution is 2.33. The number of rotatable bonds is 8. The average Bonchev–Trinajstić information content (AvgIpc) is 3.05. The van der Waals surface area contributed by atoms with Crippen LogP contribution in [0.3, 0.4) is 0 Å². The molecule has 3 aromatic rings. The Balaban J connectivity index is 1.82. The molecular weight excluding hydrogens is 408 g/mol. The summed E-state index contributed by atoms with van der Waals surface area (Å²) in [5, 5.41) is 0.928. The van der Waals surface area contributed by atoms with Gasteiger partial charge in [-0.25, -0.2) is 0 Å². The van der Waals surface area contributed by atoms with Crippen LogP contribution in [0.4, 0.5) is 5.69 Å². The molecule has 6 nitrogen and oxygen atoms in total. The first-order valence-electron chi connectivity index (χ1n) is 8.07. The van der Waals surface area contributed by atoms with Gasteiger partial charge in [0.05, 0.1) is 5.69 Å². The van der Waals surface area contributed by atoms with Crippen molar-refractivity contribution in [3.63, 3.8) is 0 Å². The smallest absolute Gasteiger partial charge is 0.295 e. The largest absolute Gasteiger partial charge is 0.443 e. The van der Waals surface area contributed by atoms with Gasteiger partial charge in [-0.15, -0.1) is 11.8 Å². The van der Waals surface area contributed by atoms with Crippen molar-refractivity contribution in [3.05, 3.63) is 53.6 Å². The molecule has 0 aliphatic carbocycles. The van der Waals surface area contributed by atoms with Gasteiger partial charge in [-0.3, -0.25) is 9.52 Å². The molecule has 0 fully saturated rings. The molecule has 2 aromatic carbocycles. The Kier molecular flexibility index (Phi) is 5.98. The number of nitrogens with two attached hydrogens (primary N) is 1. The molecule has 1 amide bonds. The minimum absolute atomic E-state index is 0.173. The predicted molar refractivity (Wildman–Crippen MR) is 108 cm³/mol. The number of carbonyl (C=O) groups is 1. The minimum atomic E-state index is -3.92. The Morgan fingerprint density at radius 1 is 1.19 bits per heavy atom. The maximum Gasteiger partial charge on any atom is 0.295 e. The van der Waals surface area contributed by atoms with E-state index in [9.17, 15) is 13.2 Å². The number of para-hydroxylation sites is 1. The van der Waals surface area contributed by atoms with Crippen LogP contribution in [0.5, 0.6) is 0 Å². The number of anilines is 1. The molecule has 0 aliphatic rings. The molecule has 3 N–H and O–H groups in total. The van der Waals surface area contributed by atoms with Gasteiger partial charge in [0, 0.05) is 27.8 Å². The van der Waals surface area contributed by atoms with Gasteiger partial charge >= 0.3 is 0 Å². The molecule has 0 radical (unpaired) electrons. The van der Waals surface area contributed by atoms with Crippen molar-refractivity contribution in [1.29, 1.82) is 0 Å². The summed E-state index contributed by atoms with van der Waals surface area (Å²) in [5.74, 6) is 0.252. The lowest BCUT2D eigenvalue weighted by Gasteiger charge is -2.11. The molecule has 27 heavy (non-hydrogen) atoms. The number of fused-ring (bicyclic) bond motifs is 1. The average molecular weight is 425 g/mol. The maximum absolute atomic E-state index is 12.7. The van der Waals surface area contributed by atoms with Gasteiger partial charge < -0.3 is 10.2 Å². The zero-order chi connectivity index (χ0) is 19.4. The number of hydrogen-bond acceptors (Lipinski definition) is 5. The molecule has 1 aromatic heterocycles. The summed E-state index contributed by atoms with van der Waals surface area (Å²) in [5.41, 5.74) is 5.98. The number of primary amides is 1. The molecule has 1 heterocycles. The van der Waals surface area contributed by atoms with Gasteiger partial charge in [-0.1, -0.05) is 29.8 Å². The minimum Gasteiger partial charge on any atom is -0.443 e. The van der Waals surface area contributed by atoms with Crippen LogP contribution >= 0.6 is 23.4 Å². The zero-order valence-corrected chi connectivity index (χ0v) is 16.5. The Bertz CT molecular complexity index is 1050. The van der Waals surface area contributed by atoms with E-state index >= 15 is 0 Å². The van der Waals surface area contributed by atoms with Crippen molar-refractivity contribution in [2.24, 2.45) is 5.73 Å². The van der Waals surface area contributed by atoms with Crippen LogP contribution in [0, 0.1) is 0 Å². The Morgan fingerprint density at radius 3 is 2.70 bits per heavy atom. The standard InChI is InChI=1S/C18H17ClN2O4S2/c19-13-7-8-16(26-9-3-6-17(20)22)14(11-13)21-27(23,24)18-10-12-4-1-2-5-15(12)25-18/h1-2,4-5,7-8,10-11,21H,3,6,9H2,(H2,20,22). The summed E-state index contributed by atoms with van der Waals surface area (Å²) in [6, 6.07) is 13.5. The summed E-state index contributed by atoms with van der Waals surface area (Å²) in [4.78, 5) is 11.5. The van der Waals surface area contributed by atoms with Gasteiger partial charge in [0.15, 0.2) is 0 Å². The maximum atomic E-state index is 12.7. The Hall–Kier alpha value is -2.16. The number of furan rings is 1. The van der Waals surface area contributed by atoms with Crippen LogP contribution in [0.2, 0.25) is 5.02 Å². The van der Waals surface area contributed by atoms with Crippen LogP contribution in [0.15, 0.2) is 62.9 Å². The van der Waals surface area contributed by atoms with E-state index in [4.69, 9.17) is 21.8 Å². The van der Waals surface area contributed by atoms with Crippen molar-refractivity contribution >= 4 is 55.9 Å². The Morgan fingerprint density at radius 2 is 1.96 bits per heavy atom. The fourth-order valence-corrected chi connectivity index (χ4v) is 4.64. The predicted octanol–water partition coefficient (Wildman–Crippen LogP) is 4.24. The number of benzene rings is 2. The monoisotopic (exact) mass is 424 g/mol. The van der Waals surface area contributed by atoms with Gasteiger partial charge in [0.1, 0.15) is 5.58 Å². The van der Waals surface area contributed by atoms with E-state index in [-0.39, 0.29) is 17.4 Å². The quantitative estimate of drug-likeness (QED) is 0.415. The highest BCUT2D eigenvalue weighted by molar-refractivity contribution is 7.99. The molecule has 0 saturated heterocycles. The van der Waals surface area contributed by atoms with Crippen LogP contribution < -0.4 is 10.5 Å². The second-order valence-electron chi connectivity index (χ2n) is 5.77.